The molecule has 8 nitrogen and oxygen atoms in total. The van der Waals surface area contributed by atoms with Crippen LogP contribution in [0.5, 0.6) is 17.5 Å². The van der Waals surface area contributed by atoms with Crippen molar-refractivity contribution < 1.29 is 19.3 Å². The van der Waals surface area contributed by atoms with E-state index >= 15 is 0 Å². The molecule has 3 aromatic rings. The number of nitrogens with one attached hydrogen (secondary N) is 1. The van der Waals surface area contributed by atoms with Crippen molar-refractivity contribution in [3.63, 3.8) is 0 Å². The van der Waals surface area contributed by atoms with Crippen LogP contribution in [0.3, 0.4) is 0 Å². The van der Waals surface area contributed by atoms with E-state index in [0.29, 0.717) is 34.6 Å². The van der Waals surface area contributed by atoms with Gasteiger partial charge < -0.3 is 24.6 Å². The van der Waals surface area contributed by atoms with Crippen molar-refractivity contribution >= 4 is 16.7 Å². The monoisotopic (exact) mass is 364 g/mol. The van der Waals surface area contributed by atoms with Gasteiger partial charge in [-0.15, -0.1) is 0 Å². The van der Waals surface area contributed by atoms with E-state index in [-0.39, 0.29) is 26.0 Å². The van der Waals surface area contributed by atoms with E-state index in [9.17, 15) is 0 Å². The molecule has 0 fully saturated rings. The number of ether oxygens (including phenoxy) is 3. The molecule has 1 aromatic heterocycles. The van der Waals surface area contributed by atoms with E-state index in [1.807, 2.05) is 18.2 Å². The maximum Gasteiger partial charge on any atom is 0.319 e. The van der Waals surface area contributed by atoms with Crippen molar-refractivity contribution in [1.29, 1.82) is 5.26 Å². The van der Waals surface area contributed by atoms with Crippen LogP contribution in [0.1, 0.15) is 11.1 Å². The van der Waals surface area contributed by atoms with Crippen LogP contribution < -0.4 is 19.5 Å². The Morgan fingerprint density at radius 1 is 1.15 bits per heavy atom. The molecule has 2 N–H and O–H groups in total. The molecule has 4 rings (SSSR count). The lowest BCUT2D eigenvalue weighted by Crippen LogP contribution is -2.08. The Labute approximate surface area is 155 Å². The predicted molar refractivity (Wildman–Crippen MR) is 96.7 cm³/mol. The Hall–Kier alpha value is -3.57. The number of nitriles is 1. The molecule has 136 valence electrons. The third-order valence-electron chi connectivity index (χ3n) is 4.02. The molecule has 0 bridgehead atoms. The maximum absolute atomic E-state index is 9.17. The first-order chi connectivity index (χ1) is 13.3. The van der Waals surface area contributed by atoms with Gasteiger partial charge in [-0.2, -0.15) is 15.2 Å². The Morgan fingerprint density at radius 3 is 2.89 bits per heavy atom. The number of hydrogen-bond donors (Lipinski definition) is 2. The second kappa shape index (κ2) is 7.35. The summed E-state index contributed by atoms with van der Waals surface area (Å²) in [7, 11) is 0. The van der Waals surface area contributed by atoms with E-state index in [1.54, 1.807) is 18.2 Å². The van der Waals surface area contributed by atoms with E-state index in [2.05, 4.69) is 21.4 Å². The van der Waals surface area contributed by atoms with Crippen LogP contribution in [0, 0.1) is 11.3 Å². The fraction of sp³-hybridized carbons (Fsp3) is 0.211. The highest BCUT2D eigenvalue weighted by molar-refractivity contribution is 5.90. The summed E-state index contributed by atoms with van der Waals surface area (Å²) < 4.78 is 16.1. The first-order valence-corrected chi connectivity index (χ1v) is 8.35. The van der Waals surface area contributed by atoms with Gasteiger partial charge in [0, 0.05) is 11.9 Å². The van der Waals surface area contributed by atoms with Crippen LogP contribution in [0.25, 0.3) is 10.9 Å². The van der Waals surface area contributed by atoms with Gasteiger partial charge in [0.15, 0.2) is 11.5 Å². The minimum atomic E-state index is -0.130. The second-order valence-electron chi connectivity index (χ2n) is 5.81. The van der Waals surface area contributed by atoms with Crippen molar-refractivity contribution in [1.82, 2.24) is 9.97 Å². The number of nitrogens with zero attached hydrogens (tertiary/aromatic N) is 3. The van der Waals surface area contributed by atoms with Crippen LogP contribution in [-0.4, -0.2) is 35.1 Å². The average molecular weight is 364 g/mol. The second-order valence-corrected chi connectivity index (χ2v) is 5.81. The Morgan fingerprint density at radius 2 is 2.04 bits per heavy atom. The van der Waals surface area contributed by atoms with Crippen molar-refractivity contribution in [2.75, 3.05) is 25.3 Å². The molecule has 1 aliphatic heterocycles. The number of anilines is 1. The van der Waals surface area contributed by atoms with Crippen molar-refractivity contribution in [3.05, 3.63) is 47.5 Å². The zero-order chi connectivity index (χ0) is 18.6. The highest BCUT2D eigenvalue weighted by atomic mass is 16.7. The van der Waals surface area contributed by atoms with E-state index in [4.69, 9.17) is 24.6 Å². The molecule has 2 aromatic carbocycles. The number of aromatic nitrogens is 2. The van der Waals surface area contributed by atoms with Gasteiger partial charge in [-0.25, -0.2) is 0 Å². The molecule has 27 heavy (non-hydrogen) atoms. The topological polar surface area (TPSA) is 110 Å². The van der Waals surface area contributed by atoms with E-state index in [1.165, 1.54) is 0 Å². The molecular formula is C19H16N4O4. The van der Waals surface area contributed by atoms with Crippen LogP contribution in [0.2, 0.25) is 0 Å². The molecule has 0 saturated carbocycles. The van der Waals surface area contributed by atoms with Crippen LogP contribution in [0.4, 0.5) is 5.82 Å². The quantitative estimate of drug-likeness (QED) is 0.685. The standard InChI is InChI=1S/C19H16N4O4/c20-9-12-1-3-15-14(7-12)18(23-19(22-15)25-6-5-24)21-10-13-2-4-16-17(8-13)27-11-26-16/h1-4,7-8,24H,5-6,10-11H2,(H,21,22,23). The van der Waals surface area contributed by atoms with Gasteiger partial charge in [0.1, 0.15) is 12.4 Å². The number of benzene rings is 2. The summed E-state index contributed by atoms with van der Waals surface area (Å²) in [5.41, 5.74) is 2.15. The highest BCUT2D eigenvalue weighted by Crippen LogP contribution is 2.33. The first kappa shape index (κ1) is 16.9. The lowest BCUT2D eigenvalue weighted by molar-refractivity contribution is 0.174. The molecule has 0 spiro atoms. The Balaban J connectivity index is 1.64. The minimum absolute atomic E-state index is 0.101. The smallest absolute Gasteiger partial charge is 0.319 e. The molecule has 0 atom stereocenters. The SMILES string of the molecule is N#Cc1ccc2nc(OCCO)nc(NCc3ccc4c(c3)OCO4)c2c1. The van der Waals surface area contributed by atoms with Gasteiger partial charge >= 0.3 is 6.01 Å². The molecule has 8 heteroatoms. The number of aliphatic hydroxyl groups excluding tert-OH is 1. The fourth-order valence-electron chi connectivity index (χ4n) is 2.75. The zero-order valence-electron chi connectivity index (χ0n) is 14.3. The van der Waals surface area contributed by atoms with Crippen molar-refractivity contribution in [2.45, 2.75) is 6.54 Å². The Bertz CT molecular complexity index is 1030. The summed E-state index contributed by atoms with van der Waals surface area (Å²) in [5, 5.41) is 22.1. The molecule has 0 aliphatic carbocycles. The normalized spacial score (nSPS) is 12.0. The average Bonchev–Trinajstić information content (AvgIpc) is 3.18. The third-order valence-corrected chi connectivity index (χ3v) is 4.02. The predicted octanol–water partition coefficient (Wildman–Crippen LogP) is 2.21. The molecule has 2 heterocycles. The summed E-state index contributed by atoms with van der Waals surface area (Å²) in [5.74, 6) is 1.98. The molecule has 0 radical (unpaired) electrons. The maximum atomic E-state index is 9.17. The zero-order valence-corrected chi connectivity index (χ0v) is 14.3. The summed E-state index contributed by atoms with van der Waals surface area (Å²) in [4.78, 5) is 8.70. The summed E-state index contributed by atoms with van der Waals surface area (Å²) in [6.45, 7) is 0.683. The summed E-state index contributed by atoms with van der Waals surface area (Å²) >= 11 is 0. The van der Waals surface area contributed by atoms with Crippen molar-refractivity contribution in [3.8, 4) is 23.6 Å². The van der Waals surface area contributed by atoms with E-state index < -0.39 is 0 Å². The van der Waals surface area contributed by atoms with Gasteiger partial charge in [-0.3, -0.25) is 0 Å². The van der Waals surface area contributed by atoms with Crippen molar-refractivity contribution in [2.24, 2.45) is 0 Å². The van der Waals surface area contributed by atoms with Gasteiger partial charge in [-0.1, -0.05) is 6.07 Å². The molecule has 0 amide bonds. The molecule has 0 saturated heterocycles. The minimum Gasteiger partial charge on any atom is -0.461 e. The largest absolute Gasteiger partial charge is 0.461 e. The number of hydrogen-bond acceptors (Lipinski definition) is 8. The number of fused-ring (bicyclic) bond motifs is 2. The van der Waals surface area contributed by atoms with Gasteiger partial charge in [-0.05, 0) is 35.9 Å². The summed E-state index contributed by atoms with van der Waals surface area (Å²) in [6, 6.07) is 13.1. The van der Waals surface area contributed by atoms with E-state index in [0.717, 1.165) is 11.3 Å². The lowest BCUT2D eigenvalue weighted by atomic mass is 10.1. The number of rotatable bonds is 6. The Kier molecular flexibility index (Phi) is 4.60. The first-order valence-electron chi connectivity index (χ1n) is 8.35. The molecule has 0 unspecified atom stereocenters. The third kappa shape index (κ3) is 3.54. The lowest BCUT2D eigenvalue weighted by Gasteiger charge is -2.11. The molecular weight excluding hydrogens is 348 g/mol. The molecule has 1 aliphatic rings. The van der Waals surface area contributed by atoms with Gasteiger partial charge in [0.05, 0.1) is 23.8 Å². The van der Waals surface area contributed by atoms with Crippen LogP contribution in [-0.2, 0) is 6.54 Å². The van der Waals surface area contributed by atoms with Gasteiger partial charge in [0.2, 0.25) is 6.79 Å². The summed E-state index contributed by atoms with van der Waals surface area (Å²) in [6.07, 6.45) is 0. The fourth-order valence-corrected chi connectivity index (χ4v) is 2.75. The van der Waals surface area contributed by atoms with Crippen LogP contribution in [0.15, 0.2) is 36.4 Å². The van der Waals surface area contributed by atoms with Gasteiger partial charge in [0.25, 0.3) is 0 Å². The number of aliphatic hydroxyl groups is 1. The van der Waals surface area contributed by atoms with Crippen LogP contribution >= 0.6 is 0 Å². The highest BCUT2D eigenvalue weighted by Gasteiger charge is 2.14.